The summed E-state index contributed by atoms with van der Waals surface area (Å²) < 4.78 is 13.0. The molecule has 0 saturated heterocycles. The van der Waals surface area contributed by atoms with Crippen LogP contribution in [0.25, 0.3) is 100 Å². The van der Waals surface area contributed by atoms with E-state index in [1.165, 1.54) is 0 Å². The first-order chi connectivity index (χ1) is 24.8. The van der Waals surface area contributed by atoms with E-state index in [-0.39, 0.29) is 0 Å². The van der Waals surface area contributed by atoms with Crippen LogP contribution >= 0.6 is 0 Å². The highest BCUT2D eigenvalue weighted by atomic mass is 16.3. The average molecular weight is 642 g/mol. The topological polar surface area (TPSA) is 65.0 Å². The van der Waals surface area contributed by atoms with Gasteiger partial charge in [0, 0.05) is 49.4 Å². The van der Waals surface area contributed by atoms with Gasteiger partial charge in [-0.05, 0) is 29.3 Å². The van der Waals surface area contributed by atoms with Gasteiger partial charge in [0.2, 0.25) is 0 Å². The number of aromatic nitrogens is 3. The Morgan fingerprint density at radius 3 is 1.34 bits per heavy atom. The molecule has 0 atom stereocenters. The number of nitrogens with zero attached hydrogens (tertiary/aromatic N) is 3. The number of fused-ring (bicyclic) bond motifs is 6. The minimum absolute atomic E-state index is 0.629. The summed E-state index contributed by atoms with van der Waals surface area (Å²) in [5, 5.41) is 4.36. The first kappa shape index (κ1) is 28.2. The Balaban J connectivity index is 1.04. The minimum Gasteiger partial charge on any atom is -0.455 e. The third-order valence-corrected chi connectivity index (χ3v) is 9.37. The van der Waals surface area contributed by atoms with Crippen molar-refractivity contribution in [2.45, 2.75) is 0 Å². The van der Waals surface area contributed by atoms with Gasteiger partial charge in [0.1, 0.15) is 22.3 Å². The van der Waals surface area contributed by atoms with Gasteiger partial charge in [-0.2, -0.15) is 0 Å². The highest BCUT2D eigenvalue weighted by Crippen LogP contribution is 2.41. The molecule has 10 aromatic rings. The minimum atomic E-state index is 0.629. The predicted octanol–water partition coefficient (Wildman–Crippen LogP) is 12.0. The van der Waals surface area contributed by atoms with Gasteiger partial charge in [0.05, 0.1) is 0 Å². The molecule has 234 valence electrons. The first-order valence-corrected chi connectivity index (χ1v) is 16.6. The lowest BCUT2D eigenvalue weighted by Crippen LogP contribution is -2.00. The lowest BCUT2D eigenvalue weighted by molar-refractivity contribution is 0.665. The zero-order chi connectivity index (χ0) is 33.0. The van der Waals surface area contributed by atoms with Crippen LogP contribution in [0, 0.1) is 0 Å². The highest BCUT2D eigenvalue weighted by molar-refractivity contribution is 6.15. The van der Waals surface area contributed by atoms with Crippen LogP contribution in [-0.4, -0.2) is 15.0 Å². The monoisotopic (exact) mass is 641 g/mol. The molecular weight excluding hydrogens is 615 g/mol. The van der Waals surface area contributed by atoms with Crippen LogP contribution < -0.4 is 0 Å². The van der Waals surface area contributed by atoms with Gasteiger partial charge >= 0.3 is 0 Å². The molecule has 0 aliphatic heterocycles. The summed E-state index contributed by atoms with van der Waals surface area (Å²) >= 11 is 0. The largest absolute Gasteiger partial charge is 0.455 e. The second-order valence-electron chi connectivity index (χ2n) is 12.4. The van der Waals surface area contributed by atoms with Crippen molar-refractivity contribution in [1.82, 2.24) is 15.0 Å². The van der Waals surface area contributed by atoms with E-state index in [2.05, 4.69) is 84.9 Å². The Morgan fingerprint density at radius 2 is 0.740 bits per heavy atom. The smallest absolute Gasteiger partial charge is 0.164 e. The summed E-state index contributed by atoms with van der Waals surface area (Å²) in [6.45, 7) is 0. The van der Waals surface area contributed by atoms with E-state index in [4.69, 9.17) is 23.8 Å². The number of para-hydroxylation sites is 3. The maximum absolute atomic E-state index is 6.66. The van der Waals surface area contributed by atoms with Crippen LogP contribution in [0.3, 0.4) is 0 Å². The van der Waals surface area contributed by atoms with Crippen molar-refractivity contribution in [3.63, 3.8) is 0 Å². The zero-order valence-electron chi connectivity index (χ0n) is 26.7. The maximum Gasteiger partial charge on any atom is 0.164 e. The number of hydrogen-bond acceptors (Lipinski definition) is 5. The van der Waals surface area contributed by atoms with Gasteiger partial charge in [-0.1, -0.05) is 146 Å². The van der Waals surface area contributed by atoms with E-state index in [1.54, 1.807) is 0 Å². The maximum atomic E-state index is 6.66. The molecule has 0 aliphatic rings. The Morgan fingerprint density at radius 1 is 0.300 bits per heavy atom. The van der Waals surface area contributed by atoms with Crippen molar-refractivity contribution in [2.24, 2.45) is 0 Å². The van der Waals surface area contributed by atoms with Gasteiger partial charge in [-0.25, -0.2) is 15.0 Å². The number of furan rings is 2. The van der Waals surface area contributed by atoms with Crippen LogP contribution in [0.4, 0.5) is 0 Å². The van der Waals surface area contributed by atoms with Crippen molar-refractivity contribution >= 4 is 43.9 Å². The number of hydrogen-bond donors (Lipinski definition) is 0. The molecule has 10 rings (SSSR count). The molecule has 7 aromatic carbocycles. The molecule has 0 aliphatic carbocycles. The summed E-state index contributed by atoms with van der Waals surface area (Å²) in [6, 6.07) is 55.7. The first-order valence-electron chi connectivity index (χ1n) is 16.6. The summed E-state index contributed by atoms with van der Waals surface area (Å²) in [5.41, 5.74) is 10.4. The van der Waals surface area contributed by atoms with Gasteiger partial charge in [-0.3, -0.25) is 0 Å². The van der Waals surface area contributed by atoms with E-state index in [0.717, 1.165) is 82.8 Å². The molecule has 5 nitrogen and oxygen atoms in total. The van der Waals surface area contributed by atoms with Gasteiger partial charge in [0.25, 0.3) is 0 Å². The fourth-order valence-corrected chi connectivity index (χ4v) is 6.90. The lowest BCUT2D eigenvalue weighted by Gasteiger charge is -2.09. The molecule has 0 radical (unpaired) electrons. The quantitative estimate of drug-likeness (QED) is 0.187. The molecule has 0 saturated carbocycles. The Hall–Kier alpha value is -6.85. The fourth-order valence-electron chi connectivity index (χ4n) is 6.90. The molecule has 50 heavy (non-hydrogen) atoms. The zero-order valence-corrected chi connectivity index (χ0v) is 26.7. The molecular formula is C45H27N3O2. The van der Waals surface area contributed by atoms with Gasteiger partial charge < -0.3 is 8.83 Å². The fraction of sp³-hybridized carbons (Fsp3) is 0. The molecule has 3 aromatic heterocycles. The summed E-state index contributed by atoms with van der Waals surface area (Å²) in [7, 11) is 0. The van der Waals surface area contributed by atoms with E-state index in [9.17, 15) is 0 Å². The van der Waals surface area contributed by atoms with E-state index < -0.39 is 0 Å². The van der Waals surface area contributed by atoms with E-state index in [1.807, 2.05) is 78.9 Å². The molecule has 5 heteroatoms. The Labute approximate surface area is 287 Å². The van der Waals surface area contributed by atoms with Crippen LogP contribution in [0.5, 0.6) is 0 Å². The third-order valence-electron chi connectivity index (χ3n) is 9.37. The van der Waals surface area contributed by atoms with Crippen molar-refractivity contribution in [3.8, 4) is 56.4 Å². The molecule has 3 heterocycles. The van der Waals surface area contributed by atoms with Crippen LogP contribution in [-0.2, 0) is 0 Å². The molecule has 0 unspecified atom stereocenters. The van der Waals surface area contributed by atoms with E-state index >= 15 is 0 Å². The Kier molecular flexibility index (Phi) is 6.42. The van der Waals surface area contributed by atoms with Gasteiger partial charge in [-0.15, -0.1) is 0 Å². The van der Waals surface area contributed by atoms with Crippen LogP contribution in [0.1, 0.15) is 0 Å². The SMILES string of the molecule is c1ccc(-c2nc(-c3ccccc3)nc(-c3ccc(-c4ccc5c(c4)oc4c(-c6cccc7c6oc6ccccc67)cccc45)cc3)n2)cc1. The average Bonchev–Trinajstić information content (AvgIpc) is 3.77. The molecule has 0 spiro atoms. The normalized spacial score (nSPS) is 11.6. The second kappa shape index (κ2) is 11.4. The van der Waals surface area contributed by atoms with Crippen molar-refractivity contribution in [1.29, 1.82) is 0 Å². The predicted molar refractivity (Wildman–Crippen MR) is 202 cm³/mol. The molecule has 0 bridgehead atoms. The van der Waals surface area contributed by atoms with Crippen molar-refractivity contribution in [2.75, 3.05) is 0 Å². The standard InChI is InChI=1S/C45H27N3O2/c1-3-11-29(12-4-1)43-46-44(30-13-5-2-6-14-30)48-45(47-43)31-23-21-28(22-24-31)32-25-26-34-36-17-10-19-38(42(36)50-40(34)27-32)37-18-9-16-35-33-15-7-8-20-39(33)49-41(35)37/h1-27H. The van der Waals surface area contributed by atoms with E-state index in [0.29, 0.717) is 17.5 Å². The summed E-state index contributed by atoms with van der Waals surface area (Å²) in [4.78, 5) is 14.6. The van der Waals surface area contributed by atoms with Crippen LogP contribution in [0.2, 0.25) is 0 Å². The van der Waals surface area contributed by atoms with Crippen molar-refractivity contribution < 1.29 is 8.83 Å². The number of benzene rings is 7. The highest BCUT2D eigenvalue weighted by Gasteiger charge is 2.18. The van der Waals surface area contributed by atoms with Crippen LogP contribution in [0.15, 0.2) is 173 Å². The summed E-state index contributed by atoms with van der Waals surface area (Å²) in [5.74, 6) is 1.92. The molecule has 0 fully saturated rings. The lowest BCUT2D eigenvalue weighted by atomic mass is 9.99. The van der Waals surface area contributed by atoms with Crippen molar-refractivity contribution in [3.05, 3.63) is 164 Å². The Bertz CT molecular complexity index is 2800. The summed E-state index contributed by atoms with van der Waals surface area (Å²) in [6.07, 6.45) is 0. The third kappa shape index (κ3) is 4.67. The van der Waals surface area contributed by atoms with Gasteiger partial charge in [0.15, 0.2) is 17.5 Å². The molecule has 0 N–H and O–H groups in total. The second-order valence-corrected chi connectivity index (χ2v) is 12.4. The molecule has 0 amide bonds. The number of rotatable bonds is 5.